The molecule has 2 bridgehead atoms. The maximum atomic E-state index is 14.0. The van der Waals surface area contributed by atoms with E-state index in [-0.39, 0.29) is 41.2 Å². The van der Waals surface area contributed by atoms with Crippen LogP contribution in [0.1, 0.15) is 61.6 Å². The lowest BCUT2D eigenvalue weighted by Gasteiger charge is -2.60. The van der Waals surface area contributed by atoms with Crippen molar-refractivity contribution in [3.8, 4) is 17.2 Å². The molecule has 0 unspecified atom stereocenters. The van der Waals surface area contributed by atoms with Gasteiger partial charge in [0.1, 0.15) is 11.9 Å². The third-order valence-corrected chi connectivity index (χ3v) is 12.2. The number of thiophene rings is 1. The van der Waals surface area contributed by atoms with Gasteiger partial charge in [-0.3, -0.25) is 14.5 Å². The molecule has 3 heterocycles. The van der Waals surface area contributed by atoms with Gasteiger partial charge in [0.25, 0.3) is 0 Å². The number of aromatic hydroxyl groups is 1. The van der Waals surface area contributed by atoms with Gasteiger partial charge >= 0.3 is 5.97 Å². The molecule has 7 nitrogen and oxygen atoms in total. The monoisotopic (exact) mass is 704 g/mol. The van der Waals surface area contributed by atoms with Crippen LogP contribution in [0.3, 0.4) is 0 Å². The van der Waals surface area contributed by atoms with Crippen LogP contribution in [0.5, 0.6) is 17.2 Å². The molecule has 46 heavy (non-hydrogen) atoms. The van der Waals surface area contributed by atoms with Crippen LogP contribution in [0.4, 0.5) is 0 Å². The molecule has 1 saturated carbocycles. The first-order valence-corrected chi connectivity index (χ1v) is 18.1. The Hall–Kier alpha value is -3.14. The van der Waals surface area contributed by atoms with E-state index in [9.17, 15) is 14.7 Å². The summed E-state index contributed by atoms with van der Waals surface area (Å²) in [4.78, 5) is 31.9. The number of halogens is 1. The van der Waals surface area contributed by atoms with Gasteiger partial charge in [-0.1, -0.05) is 44.2 Å². The van der Waals surface area contributed by atoms with E-state index in [4.69, 9.17) is 9.47 Å². The lowest BCUT2D eigenvalue weighted by molar-refractivity contribution is -0.138. The van der Waals surface area contributed by atoms with E-state index in [2.05, 4.69) is 65.0 Å². The molecule has 5 atom stereocenters. The molecule has 9 heteroatoms. The zero-order valence-electron chi connectivity index (χ0n) is 26.6. The first kappa shape index (κ1) is 31.5. The standard InChI is InChI=1S/C37H41BrN2O5S/c1-22(2)20-40(33(43)12-9-26-17-25(38)21-46-26)29-11-10-28-30-18-27-32(44-23(3)41)19-31(42)35-34(27)37(28,36(29)45-35)14-16-39(30)15-13-24-7-5-4-6-8-24/h4-9,12,17,19,21-22,28-30,36,42H,10-11,13-16,18,20H2,1-3H3/b12-9+/t28-,29+,30+,36-,37-/m0/s1. The fraction of sp³-hybridized carbons (Fsp3) is 0.459. The van der Waals surface area contributed by atoms with Crippen molar-refractivity contribution in [1.29, 1.82) is 0 Å². The Kier molecular flexibility index (Phi) is 8.53. The third kappa shape index (κ3) is 5.48. The predicted octanol–water partition coefficient (Wildman–Crippen LogP) is 6.99. The van der Waals surface area contributed by atoms with Gasteiger partial charge in [0, 0.05) is 69.5 Å². The number of benzene rings is 2. The molecule has 1 saturated heterocycles. The highest BCUT2D eigenvalue weighted by Gasteiger charge is 2.67. The van der Waals surface area contributed by atoms with Crippen LogP contribution in [0.15, 0.2) is 58.4 Å². The van der Waals surface area contributed by atoms with Gasteiger partial charge in [-0.25, -0.2) is 0 Å². The number of nitrogens with zero attached hydrogens (tertiary/aromatic N) is 2. The molecule has 1 aromatic heterocycles. The van der Waals surface area contributed by atoms with Gasteiger partial charge in [-0.05, 0) is 84.1 Å². The van der Waals surface area contributed by atoms with Crippen LogP contribution in [0.2, 0.25) is 0 Å². The van der Waals surface area contributed by atoms with Gasteiger partial charge < -0.3 is 19.5 Å². The Morgan fingerprint density at radius 1 is 1.24 bits per heavy atom. The summed E-state index contributed by atoms with van der Waals surface area (Å²) in [6.45, 7) is 8.16. The van der Waals surface area contributed by atoms with Crippen molar-refractivity contribution in [3.05, 3.63) is 80.0 Å². The van der Waals surface area contributed by atoms with E-state index < -0.39 is 5.97 Å². The number of phenols is 1. The average Bonchev–Trinajstić information content (AvgIpc) is 3.60. The molecule has 7 rings (SSSR count). The molecular formula is C37H41BrN2O5S. The minimum Gasteiger partial charge on any atom is -0.504 e. The summed E-state index contributed by atoms with van der Waals surface area (Å²) in [5, 5.41) is 13.3. The third-order valence-electron chi connectivity index (χ3n) is 10.5. The maximum absolute atomic E-state index is 14.0. The molecule has 2 aliphatic heterocycles. The van der Waals surface area contributed by atoms with Crippen molar-refractivity contribution in [3.63, 3.8) is 0 Å². The molecule has 242 valence electrons. The van der Waals surface area contributed by atoms with Crippen molar-refractivity contribution in [2.45, 2.75) is 76.5 Å². The summed E-state index contributed by atoms with van der Waals surface area (Å²) < 4.78 is 13.7. The van der Waals surface area contributed by atoms with E-state index in [1.165, 1.54) is 12.5 Å². The summed E-state index contributed by atoms with van der Waals surface area (Å²) >= 11 is 5.10. The topological polar surface area (TPSA) is 79.3 Å². The van der Waals surface area contributed by atoms with Crippen LogP contribution in [0, 0.1) is 11.8 Å². The highest BCUT2D eigenvalue weighted by Crippen LogP contribution is 2.65. The second-order valence-corrected chi connectivity index (χ2v) is 15.5. The molecule has 4 aliphatic rings. The van der Waals surface area contributed by atoms with Crippen LogP contribution in [-0.4, -0.2) is 64.6 Å². The molecule has 0 radical (unpaired) electrons. The second-order valence-electron chi connectivity index (χ2n) is 13.7. The molecule has 2 aromatic carbocycles. The van der Waals surface area contributed by atoms with Crippen molar-refractivity contribution in [1.82, 2.24) is 9.80 Å². The van der Waals surface area contributed by atoms with Crippen LogP contribution < -0.4 is 9.47 Å². The van der Waals surface area contributed by atoms with E-state index in [0.717, 1.165) is 65.7 Å². The number of amides is 1. The number of piperidine rings is 1. The summed E-state index contributed by atoms with van der Waals surface area (Å²) in [5.41, 5.74) is 2.93. The first-order valence-electron chi connectivity index (χ1n) is 16.4. The zero-order chi connectivity index (χ0) is 32.2. The quantitative estimate of drug-likeness (QED) is 0.147. The van der Waals surface area contributed by atoms with E-state index in [0.29, 0.717) is 24.0 Å². The van der Waals surface area contributed by atoms with E-state index in [1.807, 2.05) is 22.4 Å². The zero-order valence-corrected chi connectivity index (χ0v) is 29.0. The first-order chi connectivity index (χ1) is 22.2. The number of likely N-dealkylation sites (tertiary alicyclic amines) is 1. The Bertz CT molecular complexity index is 1670. The molecule has 2 aliphatic carbocycles. The number of hydrogen-bond acceptors (Lipinski definition) is 7. The molecule has 3 aromatic rings. The number of ether oxygens (including phenoxy) is 2. The lowest BCUT2D eigenvalue weighted by Crippen LogP contribution is -2.69. The fourth-order valence-corrected chi connectivity index (χ4v) is 10.2. The highest BCUT2D eigenvalue weighted by molar-refractivity contribution is 9.10. The largest absolute Gasteiger partial charge is 0.504 e. The van der Waals surface area contributed by atoms with Crippen LogP contribution in [0.25, 0.3) is 6.08 Å². The smallest absolute Gasteiger partial charge is 0.308 e. The summed E-state index contributed by atoms with van der Waals surface area (Å²) in [7, 11) is 0. The maximum Gasteiger partial charge on any atom is 0.308 e. The normalized spacial score (nSPS) is 26.2. The van der Waals surface area contributed by atoms with Crippen molar-refractivity contribution < 1.29 is 24.2 Å². The lowest BCUT2D eigenvalue weighted by atomic mass is 9.50. The number of rotatable bonds is 9. The van der Waals surface area contributed by atoms with Crippen LogP contribution >= 0.6 is 27.3 Å². The van der Waals surface area contributed by atoms with Gasteiger partial charge in [-0.15, -0.1) is 11.3 Å². The fourth-order valence-electron chi connectivity index (χ4n) is 8.86. The predicted molar refractivity (Wildman–Crippen MR) is 183 cm³/mol. The number of carbonyl (C=O) groups is 2. The SMILES string of the molecule is CC(=O)Oc1cc(O)c2c3c1C[C@@H]1[C@@H]4CC[C@@H](N(CC(C)C)C(=O)/C=C/c5cc(Br)cs5)[C@H](O2)[C@]34CCN1CCc1ccccc1. The Morgan fingerprint density at radius 2 is 2.04 bits per heavy atom. The number of phenolic OH excluding ortho intramolecular Hbond substituents is 1. The molecular weight excluding hydrogens is 664 g/mol. The minimum atomic E-state index is -0.406. The van der Waals surface area contributed by atoms with Gasteiger partial charge in [0.15, 0.2) is 11.5 Å². The number of carbonyl (C=O) groups excluding carboxylic acids is 2. The Morgan fingerprint density at radius 3 is 2.76 bits per heavy atom. The van der Waals surface area contributed by atoms with Crippen molar-refractivity contribution >= 4 is 45.2 Å². The molecule has 1 amide bonds. The van der Waals surface area contributed by atoms with E-state index >= 15 is 0 Å². The van der Waals surface area contributed by atoms with E-state index in [1.54, 1.807) is 23.5 Å². The number of hydrogen-bond donors (Lipinski definition) is 1. The summed E-state index contributed by atoms with van der Waals surface area (Å²) in [6.07, 6.45) is 7.64. The second kappa shape index (κ2) is 12.5. The van der Waals surface area contributed by atoms with Crippen LogP contribution in [-0.2, 0) is 27.8 Å². The van der Waals surface area contributed by atoms with Gasteiger partial charge in [0.2, 0.25) is 5.91 Å². The Labute approximate surface area is 283 Å². The Balaban J connectivity index is 1.27. The highest BCUT2D eigenvalue weighted by atomic mass is 79.9. The van der Waals surface area contributed by atoms with Gasteiger partial charge in [0.05, 0.1) is 6.04 Å². The summed E-state index contributed by atoms with van der Waals surface area (Å²) in [5.74, 6) is 1.10. The molecule has 1 N–H and O–H groups in total. The van der Waals surface area contributed by atoms with Crippen molar-refractivity contribution in [2.24, 2.45) is 11.8 Å². The minimum absolute atomic E-state index is 0.00568. The average molecular weight is 706 g/mol. The molecule has 1 spiro atoms. The number of esters is 1. The van der Waals surface area contributed by atoms with Crippen molar-refractivity contribution in [2.75, 3.05) is 19.6 Å². The summed E-state index contributed by atoms with van der Waals surface area (Å²) in [6, 6.07) is 14.3. The van der Waals surface area contributed by atoms with Gasteiger partial charge in [-0.2, -0.15) is 0 Å². The molecule has 2 fully saturated rings.